The fourth-order valence-corrected chi connectivity index (χ4v) is 5.71. The third kappa shape index (κ3) is 11.6. The fraction of sp³-hybridized carbons (Fsp3) is 0.788. The summed E-state index contributed by atoms with van der Waals surface area (Å²) in [6, 6.07) is 6.45. The van der Waals surface area contributed by atoms with Gasteiger partial charge in [-0.1, -0.05) is 103 Å². The van der Waals surface area contributed by atoms with Gasteiger partial charge in [0.05, 0.1) is 38.9 Å². The summed E-state index contributed by atoms with van der Waals surface area (Å²) in [5.41, 5.74) is 0.798. The Morgan fingerprint density at radius 3 is 2.05 bits per heavy atom. The summed E-state index contributed by atoms with van der Waals surface area (Å²) in [6.07, 6.45) is 11.2. The number of fused-ring (bicyclic) bond motifs is 1. The number of ether oxygens (including phenoxy) is 4. The molecule has 0 spiro atoms. The van der Waals surface area contributed by atoms with Crippen molar-refractivity contribution in [3.8, 4) is 5.75 Å². The zero-order valence-electron chi connectivity index (χ0n) is 26.1. The lowest BCUT2D eigenvalue weighted by atomic mass is 10.0. The molecule has 0 aromatic heterocycles. The normalized spacial score (nSPS) is 26.0. The summed E-state index contributed by atoms with van der Waals surface area (Å²) in [4.78, 5) is 12.9. The summed E-state index contributed by atoms with van der Waals surface area (Å²) in [5, 5.41) is 43.9. The van der Waals surface area contributed by atoms with Gasteiger partial charge in [-0.15, -0.1) is 0 Å². The van der Waals surface area contributed by atoms with Gasteiger partial charge in [-0.25, -0.2) is 0 Å². The third-order valence-corrected chi connectivity index (χ3v) is 8.52. The Bertz CT molecular complexity index is 916. The molecule has 2 saturated heterocycles. The highest BCUT2D eigenvalue weighted by Crippen LogP contribution is 2.47. The number of hydrogen-bond acceptors (Lipinski definition) is 9. The fourth-order valence-electron chi connectivity index (χ4n) is 5.71. The molecule has 1 amide bonds. The second-order valence-corrected chi connectivity index (χ2v) is 12.1. The molecule has 10 heteroatoms. The smallest absolute Gasteiger partial charge is 0.315 e. The summed E-state index contributed by atoms with van der Waals surface area (Å²) in [6.45, 7) is 1.59. The number of hydrogen-bond donors (Lipinski definition) is 5. The van der Waals surface area contributed by atoms with Gasteiger partial charge in [0.25, 0.3) is 0 Å². The molecule has 246 valence electrons. The van der Waals surface area contributed by atoms with Gasteiger partial charge in [-0.05, 0) is 24.1 Å². The van der Waals surface area contributed by atoms with Gasteiger partial charge in [0.2, 0.25) is 5.91 Å². The van der Waals surface area contributed by atoms with Crippen molar-refractivity contribution in [2.75, 3.05) is 20.3 Å². The Balaban J connectivity index is 1.43. The minimum atomic E-state index is -1.62. The van der Waals surface area contributed by atoms with Crippen LogP contribution in [0, 0.1) is 0 Å². The van der Waals surface area contributed by atoms with Crippen LogP contribution in [0.2, 0.25) is 0 Å². The molecule has 2 heterocycles. The predicted molar refractivity (Wildman–Crippen MR) is 162 cm³/mol. The zero-order chi connectivity index (χ0) is 31.1. The van der Waals surface area contributed by atoms with E-state index < -0.39 is 49.1 Å². The van der Waals surface area contributed by atoms with E-state index in [2.05, 4.69) is 12.2 Å². The summed E-state index contributed by atoms with van der Waals surface area (Å²) in [7, 11) is 1.58. The number of aliphatic hydroxyl groups is 4. The lowest BCUT2D eigenvalue weighted by molar-refractivity contribution is -0.290. The van der Waals surface area contributed by atoms with Crippen LogP contribution in [0.5, 0.6) is 5.75 Å². The molecule has 2 aliphatic rings. The Hall–Kier alpha value is -1.79. The van der Waals surface area contributed by atoms with Crippen LogP contribution in [-0.2, 0) is 25.4 Å². The zero-order valence-corrected chi connectivity index (χ0v) is 26.1. The van der Waals surface area contributed by atoms with Crippen molar-refractivity contribution >= 4 is 5.91 Å². The Morgan fingerprint density at radius 2 is 1.49 bits per heavy atom. The van der Waals surface area contributed by atoms with E-state index in [1.165, 1.54) is 64.2 Å². The molecule has 0 saturated carbocycles. The number of carbonyl (C=O) groups excluding carboxylic acids is 1. The van der Waals surface area contributed by atoms with Crippen molar-refractivity contribution in [2.24, 2.45) is 0 Å². The number of amides is 1. The number of rotatable bonds is 23. The number of unbranched alkanes of at least 4 members (excludes halogenated alkanes) is 12. The molecule has 10 nitrogen and oxygen atoms in total. The number of aliphatic hydroxyl groups excluding tert-OH is 4. The summed E-state index contributed by atoms with van der Waals surface area (Å²) < 4.78 is 22.1. The van der Waals surface area contributed by atoms with Crippen LogP contribution in [0.4, 0.5) is 0 Å². The van der Waals surface area contributed by atoms with Crippen molar-refractivity contribution in [2.45, 2.75) is 146 Å². The number of methoxy groups -OCH3 is 1. The van der Waals surface area contributed by atoms with Crippen LogP contribution in [-0.4, -0.2) is 89.2 Å². The van der Waals surface area contributed by atoms with Gasteiger partial charge < -0.3 is 44.7 Å². The van der Waals surface area contributed by atoms with Crippen LogP contribution in [0.25, 0.3) is 0 Å². The largest absolute Gasteiger partial charge is 0.497 e. The van der Waals surface area contributed by atoms with E-state index in [9.17, 15) is 25.2 Å². The van der Waals surface area contributed by atoms with Gasteiger partial charge in [0, 0.05) is 0 Å². The maximum atomic E-state index is 12.9. The molecule has 7 atom stereocenters. The molecule has 0 bridgehead atoms. The van der Waals surface area contributed by atoms with Gasteiger partial charge in [-0.2, -0.15) is 0 Å². The van der Waals surface area contributed by atoms with Crippen LogP contribution >= 0.6 is 0 Å². The Kier molecular flexibility index (Phi) is 15.7. The van der Waals surface area contributed by atoms with Crippen molar-refractivity contribution < 1.29 is 44.2 Å². The predicted octanol–water partition coefficient (Wildman–Crippen LogP) is 3.75. The highest BCUT2D eigenvalue weighted by Gasteiger charge is 2.70. The number of benzene rings is 1. The topological polar surface area (TPSA) is 150 Å². The summed E-state index contributed by atoms with van der Waals surface area (Å²) >= 11 is 0. The average Bonchev–Trinajstić information content (AvgIpc) is 3.74. The van der Waals surface area contributed by atoms with Crippen LogP contribution in [0.3, 0.4) is 0 Å². The molecule has 5 N–H and O–H groups in total. The van der Waals surface area contributed by atoms with Crippen LogP contribution < -0.4 is 10.1 Å². The minimum Gasteiger partial charge on any atom is -0.497 e. The molecule has 43 heavy (non-hydrogen) atoms. The maximum Gasteiger partial charge on any atom is 0.315 e. The second-order valence-electron chi connectivity index (χ2n) is 12.1. The lowest BCUT2D eigenvalue weighted by Gasteiger charge is -2.33. The SMILES string of the molecule is CCCCCCCCCCCCCCCC(O)C(COC12OC(CO)C(O)C(O)C1O2)NC(=O)Cc1ccc(OC)cc1. The van der Waals surface area contributed by atoms with E-state index in [1.807, 2.05) is 12.1 Å². The Morgan fingerprint density at radius 1 is 0.907 bits per heavy atom. The molecular weight excluding hydrogens is 554 g/mol. The van der Waals surface area contributed by atoms with Crippen molar-refractivity contribution in [3.63, 3.8) is 0 Å². The first-order valence-corrected chi connectivity index (χ1v) is 16.4. The second kappa shape index (κ2) is 18.9. The first kappa shape index (κ1) is 35.7. The van der Waals surface area contributed by atoms with Crippen LogP contribution in [0.15, 0.2) is 24.3 Å². The first-order chi connectivity index (χ1) is 20.8. The molecule has 7 unspecified atom stereocenters. The van der Waals surface area contributed by atoms with Gasteiger partial charge in [0.1, 0.15) is 24.1 Å². The van der Waals surface area contributed by atoms with Crippen molar-refractivity contribution in [3.05, 3.63) is 29.8 Å². The van der Waals surface area contributed by atoms with E-state index >= 15 is 0 Å². The molecule has 1 aromatic rings. The maximum absolute atomic E-state index is 12.9. The number of carbonyl (C=O) groups is 1. The van der Waals surface area contributed by atoms with E-state index in [0.717, 1.165) is 24.8 Å². The molecule has 2 fully saturated rings. The highest BCUT2D eigenvalue weighted by molar-refractivity contribution is 5.79. The molecule has 0 radical (unpaired) electrons. The van der Waals surface area contributed by atoms with Crippen molar-refractivity contribution in [1.29, 1.82) is 0 Å². The molecule has 3 rings (SSSR count). The van der Waals surface area contributed by atoms with E-state index in [1.54, 1.807) is 19.2 Å². The molecule has 1 aromatic carbocycles. The monoisotopic (exact) mass is 609 g/mol. The van der Waals surface area contributed by atoms with E-state index in [-0.39, 0.29) is 18.9 Å². The molecule has 2 aliphatic heterocycles. The number of nitrogens with one attached hydrogen (secondary N) is 1. The number of epoxide rings is 1. The van der Waals surface area contributed by atoms with Crippen LogP contribution in [0.1, 0.15) is 102 Å². The Labute approximate surface area is 257 Å². The van der Waals surface area contributed by atoms with Gasteiger partial charge in [-0.3, -0.25) is 4.79 Å². The quantitative estimate of drug-likeness (QED) is 0.0923. The first-order valence-electron chi connectivity index (χ1n) is 16.4. The standard InChI is InChI=1S/C33H55NO9/c1-3-4-5-6-7-8-9-10-11-12-13-14-15-16-27(36)26(34-29(37)21-24-17-19-25(40-2)20-18-24)23-41-33-32(43-33)31(39)30(38)28(22-35)42-33/h17-20,26-28,30-32,35-36,38-39H,3-16,21-23H2,1-2H3,(H,34,37). The highest BCUT2D eigenvalue weighted by atomic mass is 17.0. The van der Waals surface area contributed by atoms with Gasteiger partial charge >= 0.3 is 5.97 Å². The third-order valence-electron chi connectivity index (χ3n) is 8.52. The van der Waals surface area contributed by atoms with Crippen molar-refractivity contribution in [1.82, 2.24) is 5.32 Å². The molecular formula is C33H55NO9. The van der Waals surface area contributed by atoms with E-state index in [4.69, 9.17) is 18.9 Å². The van der Waals surface area contributed by atoms with Gasteiger partial charge in [0.15, 0.2) is 6.10 Å². The summed E-state index contributed by atoms with van der Waals surface area (Å²) in [5.74, 6) is -1.20. The average molecular weight is 610 g/mol. The lowest BCUT2D eigenvalue weighted by Crippen LogP contribution is -2.55. The van der Waals surface area contributed by atoms with E-state index in [0.29, 0.717) is 12.2 Å². The minimum absolute atomic E-state index is 0.115. The molecule has 0 aliphatic carbocycles.